The summed E-state index contributed by atoms with van der Waals surface area (Å²) in [5, 5.41) is 6.61. The average Bonchev–Trinajstić information content (AvgIpc) is 2.86. The molecule has 1 saturated carbocycles. The first-order valence-electron chi connectivity index (χ1n) is 6.99. The highest BCUT2D eigenvalue weighted by Gasteiger charge is 2.41. The molecular formula is C14H26N2O. The van der Waals surface area contributed by atoms with Crippen LogP contribution in [0.4, 0.5) is 0 Å². The maximum Gasteiger partial charge on any atom is 0.227 e. The van der Waals surface area contributed by atoms with E-state index in [4.69, 9.17) is 0 Å². The van der Waals surface area contributed by atoms with Crippen LogP contribution in [0.5, 0.6) is 0 Å². The molecule has 0 aromatic heterocycles. The van der Waals surface area contributed by atoms with E-state index in [2.05, 4.69) is 31.4 Å². The highest BCUT2D eigenvalue weighted by atomic mass is 16.2. The summed E-state index contributed by atoms with van der Waals surface area (Å²) in [6.45, 7) is 8.56. The van der Waals surface area contributed by atoms with Crippen LogP contribution >= 0.6 is 0 Å². The molecule has 2 fully saturated rings. The maximum absolute atomic E-state index is 12.4. The molecular weight excluding hydrogens is 212 g/mol. The van der Waals surface area contributed by atoms with E-state index in [0.29, 0.717) is 11.5 Å². The molecule has 2 aliphatic rings. The lowest BCUT2D eigenvalue weighted by molar-refractivity contribution is -0.131. The van der Waals surface area contributed by atoms with E-state index in [1.165, 1.54) is 6.42 Å². The second-order valence-corrected chi connectivity index (χ2v) is 6.64. The Hall–Kier alpha value is -0.570. The lowest BCUT2D eigenvalue weighted by atomic mass is 9.83. The largest absolute Gasteiger partial charge is 0.353 e. The van der Waals surface area contributed by atoms with E-state index < -0.39 is 0 Å². The van der Waals surface area contributed by atoms with Crippen LogP contribution in [0, 0.1) is 10.8 Å². The molecule has 0 aromatic carbocycles. The maximum atomic E-state index is 12.4. The Morgan fingerprint density at radius 2 is 2.18 bits per heavy atom. The third kappa shape index (κ3) is 2.65. The minimum Gasteiger partial charge on any atom is -0.353 e. The summed E-state index contributed by atoms with van der Waals surface area (Å²) in [5.74, 6) is 0.285. The summed E-state index contributed by atoms with van der Waals surface area (Å²) >= 11 is 0. The lowest BCUT2D eigenvalue weighted by Crippen LogP contribution is -2.46. The average molecular weight is 238 g/mol. The molecule has 2 atom stereocenters. The van der Waals surface area contributed by atoms with Crippen molar-refractivity contribution in [2.45, 2.75) is 58.9 Å². The highest BCUT2D eigenvalue weighted by Crippen LogP contribution is 2.38. The summed E-state index contributed by atoms with van der Waals surface area (Å²) in [7, 11) is 0. The van der Waals surface area contributed by atoms with Crippen LogP contribution in [0.2, 0.25) is 0 Å². The standard InChI is InChI=1S/C14H26N2O/c1-4-14(7-8-15-10-14)12(17)16-11-5-6-13(2,3)9-11/h11,15H,4-10H2,1-3H3,(H,16,17). The van der Waals surface area contributed by atoms with Crippen molar-refractivity contribution < 1.29 is 4.79 Å². The Bertz CT molecular complexity index is 293. The molecule has 3 heteroatoms. The lowest BCUT2D eigenvalue weighted by Gasteiger charge is -2.28. The van der Waals surface area contributed by atoms with Crippen molar-refractivity contribution in [2.75, 3.05) is 13.1 Å². The van der Waals surface area contributed by atoms with E-state index in [9.17, 15) is 4.79 Å². The van der Waals surface area contributed by atoms with Crippen LogP contribution in [0.3, 0.4) is 0 Å². The van der Waals surface area contributed by atoms with Gasteiger partial charge in [-0.15, -0.1) is 0 Å². The van der Waals surface area contributed by atoms with Crippen molar-refractivity contribution in [3.05, 3.63) is 0 Å². The van der Waals surface area contributed by atoms with E-state index in [1.54, 1.807) is 0 Å². The zero-order chi connectivity index (χ0) is 12.5. The number of nitrogens with one attached hydrogen (secondary N) is 2. The van der Waals surface area contributed by atoms with Gasteiger partial charge in [-0.05, 0) is 44.1 Å². The van der Waals surface area contributed by atoms with Crippen molar-refractivity contribution in [1.82, 2.24) is 10.6 Å². The number of carbonyl (C=O) groups is 1. The molecule has 0 bridgehead atoms. The highest BCUT2D eigenvalue weighted by molar-refractivity contribution is 5.83. The Balaban J connectivity index is 1.93. The van der Waals surface area contributed by atoms with Gasteiger partial charge < -0.3 is 10.6 Å². The van der Waals surface area contributed by atoms with E-state index in [-0.39, 0.29) is 11.3 Å². The number of rotatable bonds is 3. The minimum atomic E-state index is -0.132. The molecule has 1 aliphatic carbocycles. The SMILES string of the molecule is CCC1(C(=O)NC2CCC(C)(C)C2)CCNC1. The van der Waals surface area contributed by atoms with Gasteiger partial charge in [-0.1, -0.05) is 20.8 Å². The Morgan fingerprint density at radius 1 is 1.41 bits per heavy atom. The smallest absolute Gasteiger partial charge is 0.227 e. The molecule has 1 saturated heterocycles. The van der Waals surface area contributed by atoms with Gasteiger partial charge in [-0.25, -0.2) is 0 Å². The monoisotopic (exact) mass is 238 g/mol. The molecule has 98 valence electrons. The van der Waals surface area contributed by atoms with E-state index in [0.717, 1.165) is 38.8 Å². The van der Waals surface area contributed by atoms with Gasteiger partial charge in [0.1, 0.15) is 0 Å². The van der Waals surface area contributed by atoms with Crippen LogP contribution in [0.15, 0.2) is 0 Å². The minimum absolute atomic E-state index is 0.132. The summed E-state index contributed by atoms with van der Waals surface area (Å²) < 4.78 is 0. The molecule has 2 rings (SSSR count). The Morgan fingerprint density at radius 3 is 2.65 bits per heavy atom. The van der Waals surface area contributed by atoms with Gasteiger partial charge in [0.2, 0.25) is 5.91 Å². The number of amides is 1. The Labute approximate surface area is 105 Å². The summed E-state index contributed by atoms with van der Waals surface area (Å²) in [6.07, 6.45) is 5.45. The molecule has 0 aromatic rings. The first kappa shape index (κ1) is 12.9. The van der Waals surface area contributed by atoms with E-state index >= 15 is 0 Å². The van der Waals surface area contributed by atoms with Crippen LogP contribution in [-0.4, -0.2) is 25.0 Å². The molecule has 0 radical (unpaired) electrons. The van der Waals surface area contributed by atoms with Crippen molar-refractivity contribution in [2.24, 2.45) is 10.8 Å². The molecule has 17 heavy (non-hydrogen) atoms. The molecule has 2 N–H and O–H groups in total. The molecule has 2 unspecified atom stereocenters. The van der Waals surface area contributed by atoms with E-state index in [1.807, 2.05) is 0 Å². The van der Waals surface area contributed by atoms with Gasteiger partial charge in [0.25, 0.3) is 0 Å². The fourth-order valence-electron chi connectivity index (χ4n) is 3.30. The number of carbonyl (C=O) groups excluding carboxylic acids is 1. The van der Waals surface area contributed by atoms with Gasteiger partial charge >= 0.3 is 0 Å². The van der Waals surface area contributed by atoms with Crippen molar-refractivity contribution in [1.29, 1.82) is 0 Å². The topological polar surface area (TPSA) is 41.1 Å². The van der Waals surface area contributed by atoms with Gasteiger partial charge in [0, 0.05) is 12.6 Å². The second kappa shape index (κ2) is 4.60. The number of hydrogen-bond acceptors (Lipinski definition) is 2. The summed E-state index contributed by atoms with van der Waals surface area (Å²) in [4.78, 5) is 12.4. The number of hydrogen-bond donors (Lipinski definition) is 2. The van der Waals surface area contributed by atoms with Crippen LogP contribution < -0.4 is 10.6 Å². The van der Waals surface area contributed by atoms with Crippen molar-refractivity contribution >= 4 is 5.91 Å². The normalized spacial score (nSPS) is 36.1. The van der Waals surface area contributed by atoms with Crippen LogP contribution in [-0.2, 0) is 4.79 Å². The predicted octanol–water partition coefficient (Wildman–Crippen LogP) is 2.07. The first-order chi connectivity index (χ1) is 7.97. The summed E-state index contributed by atoms with van der Waals surface area (Å²) in [5.41, 5.74) is 0.276. The third-order valence-corrected chi connectivity index (χ3v) is 4.71. The summed E-state index contributed by atoms with van der Waals surface area (Å²) in [6, 6.07) is 0.404. The Kier molecular flexibility index (Phi) is 3.48. The predicted molar refractivity (Wildman–Crippen MR) is 69.8 cm³/mol. The fourth-order valence-corrected chi connectivity index (χ4v) is 3.30. The van der Waals surface area contributed by atoms with Gasteiger partial charge in [-0.2, -0.15) is 0 Å². The van der Waals surface area contributed by atoms with Crippen LogP contribution in [0.1, 0.15) is 52.9 Å². The first-order valence-corrected chi connectivity index (χ1v) is 6.99. The van der Waals surface area contributed by atoms with Gasteiger partial charge in [-0.3, -0.25) is 4.79 Å². The third-order valence-electron chi connectivity index (χ3n) is 4.71. The molecule has 3 nitrogen and oxygen atoms in total. The van der Waals surface area contributed by atoms with Crippen molar-refractivity contribution in [3.8, 4) is 0 Å². The molecule has 1 aliphatic heterocycles. The molecule has 0 spiro atoms. The van der Waals surface area contributed by atoms with Gasteiger partial charge in [0.05, 0.1) is 5.41 Å². The molecule has 1 amide bonds. The second-order valence-electron chi connectivity index (χ2n) is 6.64. The van der Waals surface area contributed by atoms with Crippen LogP contribution in [0.25, 0.3) is 0 Å². The molecule has 1 heterocycles. The van der Waals surface area contributed by atoms with Crippen molar-refractivity contribution in [3.63, 3.8) is 0 Å². The fraction of sp³-hybridized carbons (Fsp3) is 0.929. The van der Waals surface area contributed by atoms with Gasteiger partial charge in [0.15, 0.2) is 0 Å². The quantitative estimate of drug-likeness (QED) is 0.790. The zero-order valence-corrected chi connectivity index (χ0v) is 11.4. The zero-order valence-electron chi connectivity index (χ0n) is 11.4.